The third-order valence-corrected chi connectivity index (χ3v) is 21.8. The van der Waals surface area contributed by atoms with Crippen molar-refractivity contribution in [3.63, 3.8) is 0 Å². The Labute approximate surface area is 503 Å². The standard InChI is InChI=1S/2C24H19O2P.C12H10ClOP.C12H10O.Li/c25-27(23-12-6-2-7-13-23,24-14-8-3-9-15-24)26-22-18-16-21(17-19-22)20-10-4-1-5-11-20;25-23-17-16-20(19-10-4-1-5-11-19)18-24(23)27(26,21-12-6-2-7-13-21)22-14-8-3-9-15-22;13-15(14,11-7-3-1-4-8-11)12-9-5-2-6-10-12;13-12-8-6-11(7-9-12)10-4-2-1-3-5-10;/h1-19H;1-18,25H;1-10H;1-9,13H;/q;;;;+1/p-1. The summed E-state index contributed by atoms with van der Waals surface area (Å²) in [5.74, 6) is 0.691. The number of rotatable bonds is 12. The van der Waals surface area contributed by atoms with Crippen LogP contribution in [-0.2, 0) is 13.7 Å². The second-order valence-corrected chi connectivity index (χ2v) is 27.2. The number of hydrogen-bond donors (Lipinski definition) is 1. The van der Waals surface area contributed by atoms with E-state index >= 15 is 0 Å². The Hall–Kier alpha value is -8.38. The van der Waals surface area contributed by atoms with Gasteiger partial charge in [0.05, 0.1) is 10.6 Å². The fraction of sp³-hybridized carbons (Fsp3) is 0. The molecule has 12 aromatic carbocycles. The summed E-state index contributed by atoms with van der Waals surface area (Å²) in [5, 5.41) is 26.3. The Morgan fingerprint density at radius 1 is 0.313 bits per heavy atom. The summed E-state index contributed by atoms with van der Waals surface area (Å²) >= 11 is 6.14. The zero-order valence-corrected chi connectivity index (χ0v) is 49.0. The Bertz CT molecular complexity index is 3900. The van der Waals surface area contributed by atoms with Crippen molar-refractivity contribution in [1.82, 2.24) is 0 Å². The van der Waals surface area contributed by atoms with Gasteiger partial charge in [0.15, 0.2) is 7.14 Å². The number of hydrogen-bond acceptors (Lipinski definition) is 6. The minimum Gasteiger partial charge on any atom is -0.872 e. The van der Waals surface area contributed by atoms with Crippen molar-refractivity contribution >= 4 is 69.4 Å². The molecule has 83 heavy (non-hydrogen) atoms. The van der Waals surface area contributed by atoms with E-state index in [0.29, 0.717) is 48.6 Å². The molecule has 0 spiro atoms. The molecule has 0 amide bonds. The van der Waals surface area contributed by atoms with Crippen molar-refractivity contribution in [3.05, 3.63) is 340 Å². The summed E-state index contributed by atoms with van der Waals surface area (Å²) < 4.78 is 46.8. The third kappa shape index (κ3) is 15.6. The van der Waals surface area contributed by atoms with Crippen LogP contribution in [0.4, 0.5) is 0 Å². The van der Waals surface area contributed by atoms with Gasteiger partial charge >= 0.3 is 26.2 Å². The van der Waals surface area contributed by atoms with E-state index in [0.717, 1.165) is 27.8 Å². The third-order valence-electron chi connectivity index (χ3n) is 13.2. The topological polar surface area (TPSA) is 104 Å². The van der Waals surface area contributed by atoms with E-state index in [1.165, 1.54) is 11.6 Å². The van der Waals surface area contributed by atoms with Crippen molar-refractivity contribution in [1.29, 1.82) is 0 Å². The van der Waals surface area contributed by atoms with Crippen LogP contribution in [0.2, 0.25) is 0 Å². The maximum Gasteiger partial charge on any atom is 1.00 e. The fourth-order valence-corrected chi connectivity index (χ4v) is 15.8. The molecule has 0 aliphatic heterocycles. The van der Waals surface area contributed by atoms with E-state index in [2.05, 4.69) is 12.1 Å². The van der Waals surface area contributed by atoms with Crippen molar-refractivity contribution in [2.75, 3.05) is 0 Å². The van der Waals surface area contributed by atoms with Gasteiger partial charge in [0.1, 0.15) is 11.5 Å². The molecule has 0 saturated carbocycles. The van der Waals surface area contributed by atoms with Crippen molar-refractivity contribution in [2.24, 2.45) is 0 Å². The molecule has 0 aliphatic rings. The molecular formula is C72H57ClLiO6P3. The molecule has 0 heterocycles. The first-order valence-electron chi connectivity index (χ1n) is 26.4. The van der Waals surface area contributed by atoms with Crippen LogP contribution < -0.4 is 65.6 Å². The average molecular weight is 1150 g/mol. The van der Waals surface area contributed by atoms with Gasteiger partial charge in [-0.15, -0.1) is 0 Å². The first-order chi connectivity index (χ1) is 40.0. The second kappa shape index (κ2) is 29.6. The Kier molecular flexibility index (Phi) is 21.6. The Morgan fingerprint density at radius 2 is 0.578 bits per heavy atom. The van der Waals surface area contributed by atoms with Crippen molar-refractivity contribution in [3.8, 4) is 50.6 Å². The van der Waals surface area contributed by atoms with Gasteiger partial charge in [-0.2, -0.15) is 0 Å². The van der Waals surface area contributed by atoms with Gasteiger partial charge in [-0.25, -0.2) is 0 Å². The zero-order valence-electron chi connectivity index (χ0n) is 45.5. The Morgan fingerprint density at radius 3 is 0.928 bits per heavy atom. The van der Waals surface area contributed by atoms with Crippen LogP contribution in [0.1, 0.15) is 0 Å². The van der Waals surface area contributed by atoms with Gasteiger partial charge < -0.3 is 19.3 Å². The summed E-state index contributed by atoms with van der Waals surface area (Å²) in [7, 11) is -6.51. The van der Waals surface area contributed by atoms with E-state index in [-0.39, 0.29) is 24.6 Å². The maximum absolute atomic E-state index is 14.4. The van der Waals surface area contributed by atoms with E-state index in [1.807, 2.05) is 273 Å². The molecule has 404 valence electrons. The molecule has 0 bridgehead atoms. The number of phenolic OH excluding ortho intramolecular Hbond substituents is 1. The smallest absolute Gasteiger partial charge is 0.872 e. The van der Waals surface area contributed by atoms with E-state index in [4.69, 9.17) is 20.9 Å². The molecule has 0 aromatic heterocycles. The molecule has 0 fully saturated rings. The predicted octanol–water partition coefficient (Wildman–Crippen LogP) is 12.9. The van der Waals surface area contributed by atoms with E-state index in [9.17, 15) is 18.8 Å². The first kappa shape index (κ1) is 60.7. The molecular weight excluding hydrogens is 1100 g/mol. The first-order valence-corrected chi connectivity index (χ1v) is 32.4. The molecule has 0 saturated heterocycles. The maximum atomic E-state index is 14.4. The summed E-state index contributed by atoms with van der Waals surface area (Å²) in [6.07, 6.45) is 0. The minimum absolute atomic E-state index is 0. The van der Waals surface area contributed by atoms with Crippen LogP contribution in [0.15, 0.2) is 340 Å². The number of phenols is 1. The molecule has 0 atom stereocenters. The van der Waals surface area contributed by atoms with Crippen LogP contribution >= 0.6 is 32.2 Å². The zero-order chi connectivity index (χ0) is 57.0. The van der Waals surface area contributed by atoms with Gasteiger partial charge in [0, 0.05) is 26.5 Å². The molecule has 1 N–H and O–H groups in total. The SMILES string of the molecule is O=P(Cl)(c1ccccc1)c1ccccc1.O=P(Oc1ccc(-c2ccccc2)cc1)(c1ccccc1)c1ccccc1.O=P(c1ccccc1)(c1ccccc1)c1cc(-c2ccccc2)ccc1[O-].Oc1ccc(-c2ccccc2)cc1.[Li+]. The second-order valence-electron chi connectivity index (χ2n) is 18.6. The van der Waals surface area contributed by atoms with Crippen molar-refractivity contribution in [2.45, 2.75) is 0 Å². The monoisotopic (exact) mass is 1150 g/mol. The molecule has 0 aliphatic carbocycles. The number of benzene rings is 12. The molecule has 0 radical (unpaired) electrons. The fourth-order valence-electron chi connectivity index (χ4n) is 8.94. The van der Waals surface area contributed by atoms with E-state index < -0.39 is 21.0 Å². The van der Waals surface area contributed by atoms with Gasteiger partial charge in [-0.3, -0.25) is 9.13 Å². The molecule has 12 aromatic rings. The van der Waals surface area contributed by atoms with Crippen LogP contribution in [0.5, 0.6) is 17.2 Å². The predicted molar refractivity (Wildman–Crippen MR) is 342 cm³/mol. The summed E-state index contributed by atoms with van der Waals surface area (Å²) in [4.78, 5) is 0. The summed E-state index contributed by atoms with van der Waals surface area (Å²) in [6, 6.07) is 106. The molecule has 12 rings (SSSR count). The number of aromatic hydroxyl groups is 1. The molecule has 6 nitrogen and oxygen atoms in total. The van der Waals surface area contributed by atoms with Crippen LogP contribution in [0.3, 0.4) is 0 Å². The largest absolute Gasteiger partial charge is 1.00 e. The number of halogens is 1. The minimum atomic E-state index is -3.27. The van der Waals surface area contributed by atoms with Crippen LogP contribution in [-0.4, -0.2) is 5.11 Å². The molecule has 11 heteroatoms. The normalized spacial score (nSPS) is 10.9. The van der Waals surface area contributed by atoms with Crippen LogP contribution in [0.25, 0.3) is 33.4 Å². The summed E-state index contributed by atoms with van der Waals surface area (Å²) in [5.41, 5.74) is 6.40. The van der Waals surface area contributed by atoms with Gasteiger partial charge in [-0.05, 0) is 99.2 Å². The average Bonchev–Trinajstić information content (AvgIpc) is 3.72. The Balaban J connectivity index is 0.000000151. The quantitative estimate of drug-likeness (QED) is 0.0965. The van der Waals surface area contributed by atoms with Crippen LogP contribution in [0, 0.1) is 0 Å². The van der Waals surface area contributed by atoms with Gasteiger partial charge in [0.25, 0.3) is 0 Å². The summed E-state index contributed by atoms with van der Waals surface area (Å²) in [6.45, 7) is -2.93. The van der Waals surface area contributed by atoms with E-state index in [1.54, 1.807) is 48.5 Å². The molecule has 0 unspecified atom stereocenters. The van der Waals surface area contributed by atoms with Gasteiger partial charge in [-0.1, -0.05) is 291 Å². The van der Waals surface area contributed by atoms with Crippen molar-refractivity contribution < 1.29 is 47.3 Å². The van der Waals surface area contributed by atoms with Gasteiger partial charge in [0.2, 0.25) is 6.49 Å².